The molecule has 0 amide bonds. The third-order valence-electron chi connectivity index (χ3n) is 4.63. The van der Waals surface area contributed by atoms with Gasteiger partial charge in [0.05, 0.1) is 12.8 Å². The molecule has 0 radical (unpaired) electrons. The Hall–Kier alpha value is -4.03. The van der Waals surface area contributed by atoms with E-state index in [2.05, 4.69) is 6.07 Å². The van der Waals surface area contributed by atoms with Gasteiger partial charge >= 0.3 is 0 Å². The molecule has 3 aromatic rings. The van der Waals surface area contributed by atoms with Gasteiger partial charge in [0.1, 0.15) is 34.8 Å². The fraction of sp³-hybridized carbons (Fsp3) is 0.136. The zero-order valence-electron chi connectivity index (χ0n) is 15.6. The number of methoxy groups -OCH3 is 1. The van der Waals surface area contributed by atoms with Gasteiger partial charge in [0.15, 0.2) is 0 Å². The van der Waals surface area contributed by atoms with Crippen LogP contribution >= 0.6 is 0 Å². The van der Waals surface area contributed by atoms with Crippen LogP contribution in [0, 0.1) is 22.7 Å². The highest BCUT2D eigenvalue weighted by Gasteiger charge is 2.23. The largest absolute Gasteiger partial charge is 0.497 e. The Balaban J connectivity index is 2.41. The van der Waals surface area contributed by atoms with Gasteiger partial charge in [-0.15, -0.1) is 0 Å². The Kier molecular flexibility index (Phi) is 5.15. The van der Waals surface area contributed by atoms with Gasteiger partial charge in [-0.3, -0.25) is 9.36 Å². The minimum absolute atomic E-state index is 0.0122. The summed E-state index contributed by atoms with van der Waals surface area (Å²) < 4.78 is 6.40. The van der Waals surface area contributed by atoms with Crippen molar-refractivity contribution in [2.75, 3.05) is 12.8 Å². The highest BCUT2D eigenvalue weighted by atomic mass is 16.5. The molecule has 6 nitrogen and oxygen atoms in total. The van der Waals surface area contributed by atoms with Gasteiger partial charge in [0.2, 0.25) is 0 Å². The van der Waals surface area contributed by atoms with Gasteiger partial charge < -0.3 is 10.5 Å². The number of para-hydroxylation sites is 1. The van der Waals surface area contributed by atoms with Crippen LogP contribution in [0.1, 0.15) is 23.6 Å². The fourth-order valence-electron chi connectivity index (χ4n) is 3.22. The van der Waals surface area contributed by atoms with Crippen molar-refractivity contribution in [3.05, 3.63) is 75.6 Å². The van der Waals surface area contributed by atoms with E-state index >= 15 is 0 Å². The minimum Gasteiger partial charge on any atom is -0.497 e. The van der Waals surface area contributed by atoms with Gasteiger partial charge in [-0.2, -0.15) is 10.5 Å². The first-order chi connectivity index (χ1) is 13.6. The van der Waals surface area contributed by atoms with Gasteiger partial charge in [0, 0.05) is 5.56 Å². The molecule has 2 N–H and O–H groups in total. The van der Waals surface area contributed by atoms with Gasteiger partial charge in [-0.1, -0.05) is 37.3 Å². The summed E-state index contributed by atoms with van der Waals surface area (Å²) >= 11 is 0. The lowest BCUT2D eigenvalue weighted by Crippen LogP contribution is -2.27. The number of ether oxygens (including phenoxy) is 1. The maximum Gasteiger partial charge on any atom is 0.275 e. The summed E-state index contributed by atoms with van der Waals surface area (Å²) in [5.41, 5.74) is 7.94. The molecule has 0 spiro atoms. The standard InChI is InChI=1S/C22H18N4O2/c1-3-14-6-4-5-7-19(14)26-21(25)17(12-23)20(18(13-24)22(26)27)15-8-10-16(28-2)11-9-15/h4-11H,3,25H2,1-2H3. The average molecular weight is 370 g/mol. The highest BCUT2D eigenvalue weighted by Crippen LogP contribution is 2.32. The molecule has 0 fully saturated rings. The van der Waals surface area contributed by atoms with Crippen molar-refractivity contribution in [3.63, 3.8) is 0 Å². The van der Waals surface area contributed by atoms with E-state index in [1.807, 2.05) is 25.1 Å². The summed E-state index contributed by atoms with van der Waals surface area (Å²) in [4.78, 5) is 13.2. The third-order valence-corrected chi connectivity index (χ3v) is 4.63. The molecule has 1 heterocycles. The summed E-state index contributed by atoms with van der Waals surface area (Å²) in [5, 5.41) is 19.5. The first-order valence-electron chi connectivity index (χ1n) is 8.68. The lowest BCUT2D eigenvalue weighted by Gasteiger charge is -2.18. The van der Waals surface area contributed by atoms with Crippen molar-refractivity contribution < 1.29 is 4.74 Å². The molecule has 0 aliphatic heterocycles. The van der Waals surface area contributed by atoms with E-state index in [1.54, 1.807) is 43.5 Å². The van der Waals surface area contributed by atoms with E-state index < -0.39 is 5.56 Å². The number of aromatic nitrogens is 1. The number of nitrogens with two attached hydrogens (primary N) is 1. The van der Waals surface area contributed by atoms with Crippen LogP contribution in [0.3, 0.4) is 0 Å². The van der Waals surface area contributed by atoms with E-state index in [0.717, 1.165) is 5.56 Å². The molecule has 28 heavy (non-hydrogen) atoms. The number of nitrogens with zero attached hydrogens (tertiary/aromatic N) is 3. The van der Waals surface area contributed by atoms with Crippen molar-refractivity contribution in [1.82, 2.24) is 4.57 Å². The fourth-order valence-corrected chi connectivity index (χ4v) is 3.22. The summed E-state index contributed by atoms with van der Waals surface area (Å²) in [6.45, 7) is 1.96. The zero-order chi connectivity index (χ0) is 20.3. The van der Waals surface area contributed by atoms with Crippen molar-refractivity contribution in [1.29, 1.82) is 10.5 Å². The van der Waals surface area contributed by atoms with Crippen LogP contribution in [-0.2, 0) is 6.42 Å². The predicted molar refractivity (Wildman–Crippen MR) is 107 cm³/mol. The topological polar surface area (TPSA) is 105 Å². The number of hydrogen-bond donors (Lipinski definition) is 1. The molecule has 0 aliphatic rings. The summed E-state index contributed by atoms with van der Waals surface area (Å²) in [6, 6.07) is 18.1. The van der Waals surface area contributed by atoms with Crippen LogP contribution < -0.4 is 16.0 Å². The Morgan fingerprint density at radius 2 is 1.68 bits per heavy atom. The number of pyridine rings is 1. The van der Waals surface area contributed by atoms with E-state index in [-0.39, 0.29) is 22.5 Å². The quantitative estimate of drug-likeness (QED) is 0.758. The average Bonchev–Trinajstić information content (AvgIpc) is 2.74. The second-order valence-electron chi connectivity index (χ2n) is 6.09. The molecule has 0 atom stereocenters. The van der Waals surface area contributed by atoms with E-state index in [4.69, 9.17) is 10.5 Å². The molecule has 138 valence electrons. The molecule has 2 aromatic carbocycles. The maximum atomic E-state index is 13.2. The summed E-state index contributed by atoms with van der Waals surface area (Å²) in [5.74, 6) is 0.636. The Morgan fingerprint density at radius 1 is 1.04 bits per heavy atom. The molecule has 1 aromatic heterocycles. The minimum atomic E-state index is -0.550. The van der Waals surface area contributed by atoms with Gasteiger partial charge in [-0.05, 0) is 35.7 Å². The second-order valence-corrected chi connectivity index (χ2v) is 6.09. The lowest BCUT2D eigenvalue weighted by molar-refractivity contribution is 0.415. The summed E-state index contributed by atoms with van der Waals surface area (Å²) in [7, 11) is 1.54. The molecule has 0 unspecified atom stereocenters. The molecular formula is C22H18N4O2. The van der Waals surface area contributed by atoms with Crippen LogP contribution in [0.25, 0.3) is 16.8 Å². The number of nitriles is 2. The van der Waals surface area contributed by atoms with Crippen molar-refractivity contribution >= 4 is 5.82 Å². The number of rotatable bonds is 4. The van der Waals surface area contributed by atoms with Gasteiger partial charge in [-0.25, -0.2) is 0 Å². The number of nitrogen functional groups attached to an aromatic ring is 1. The Bertz CT molecular complexity index is 1180. The summed E-state index contributed by atoms with van der Waals surface area (Å²) in [6.07, 6.45) is 0.673. The highest BCUT2D eigenvalue weighted by molar-refractivity contribution is 5.81. The normalized spacial score (nSPS) is 10.1. The second kappa shape index (κ2) is 7.69. The van der Waals surface area contributed by atoms with Crippen LogP contribution in [0.4, 0.5) is 5.82 Å². The SMILES string of the molecule is CCc1ccccc1-n1c(N)c(C#N)c(-c2ccc(OC)cc2)c(C#N)c1=O. The van der Waals surface area contributed by atoms with E-state index in [9.17, 15) is 15.3 Å². The molecule has 3 rings (SSSR count). The molecule has 0 bridgehead atoms. The Labute approximate surface area is 162 Å². The number of aryl methyl sites for hydroxylation is 1. The van der Waals surface area contributed by atoms with Crippen molar-refractivity contribution in [2.45, 2.75) is 13.3 Å². The Morgan fingerprint density at radius 3 is 2.25 bits per heavy atom. The smallest absolute Gasteiger partial charge is 0.275 e. The first kappa shape index (κ1) is 18.8. The van der Waals surface area contributed by atoms with Crippen LogP contribution in [-0.4, -0.2) is 11.7 Å². The van der Waals surface area contributed by atoms with E-state index in [0.29, 0.717) is 23.4 Å². The van der Waals surface area contributed by atoms with Crippen molar-refractivity contribution in [3.8, 4) is 34.7 Å². The molecular weight excluding hydrogens is 352 g/mol. The van der Waals surface area contributed by atoms with Crippen LogP contribution in [0.15, 0.2) is 53.3 Å². The number of benzene rings is 2. The predicted octanol–water partition coefficient (Wildman–Crippen LogP) is 3.40. The third kappa shape index (κ3) is 2.98. The van der Waals surface area contributed by atoms with E-state index in [1.165, 1.54) is 4.57 Å². The first-order valence-corrected chi connectivity index (χ1v) is 8.68. The van der Waals surface area contributed by atoms with Crippen LogP contribution in [0.2, 0.25) is 0 Å². The molecule has 0 saturated carbocycles. The lowest BCUT2D eigenvalue weighted by atomic mass is 9.96. The molecule has 6 heteroatoms. The maximum absolute atomic E-state index is 13.2. The number of anilines is 1. The molecule has 0 saturated heterocycles. The number of hydrogen-bond acceptors (Lipinski definition) is 5. The van der Waals surface area contributed by atoms with Crippen molar-refractivity contribution in [2.24, 2.45) is 0 Å². The zero-order valence-corrected chi connectivity index (χ0v) is 15.6. The van der Waals surface area contributed by atoms with Crippen LogP contribution in [0.5, 0.6) is 5.75 Å². The monoisotopic (exact) mass is 370 g/mol. The van der Waals surface area contributed by atoms with Gasteiger partial charge in [0.25, 0.3) is 5.56 Å². The molecule has 0 aliphatic carbocycles.